The van der Waals surface area contributed by atoms with E-state index in [1.165, 1.54) is 11.4 Å². The Hall–Kier alpha value is -1.57. The number of carboxylic acids is 1. The van der Waals surface area contributed by atoms with Crippen molar-refractivity contribution in [2.75, 3.05) is 4.72 Å². The van der Waals surface area contributed by atoms with E-state index in [1.54, 1.807) is 18.2 Å². The highest BCUT2D eigenvalue weighted by Crippen LogP contribution is 2.23. The van der Waals surface area contributed by atoms with Crippen LogP contribution in [0.4, 0.5) is 5.69 Å². The number of aromatic carboxylic acids is 1. The smallest absolute Gasteiger partial charge is 0.345 e. The molecule has 0 saturated carbocycles. The Morgan fingerprint density at radius 2 is 2.05 bits per heavy atom. The van der Waals surface area contributed by atoms with Gasteiger partial charge in [-0.2, -0.15) is 0 Å². The fourth-order valence-corrected chi connectivity index (χ4v) is 3.69. The summed E-state index contributed by atoms with van der Waals surface area (Å²) in [5.41, 5.74) is 0.315. The van der Waals surface area contributed by atoms with Crippen LogP contribution in [0, 0.1) is 0 Å². The van der Waals surface area contributed by atoms with Crippen LogP contribution in [-0.2, 0) is 10.0 Å². The molecule has 2 N–H and O–H groups in total. The highest BCUT2D eigenvalue weighted by molar-refractivity contribution is 7.92. The second-order valence-electron chi connectivity index (χ2n) is 3.57. The Kier molecular flexibility index (Phi) is 3.79. The molecule has 0 aliphatic carbocycles. The fourth-order valence-electron chi connectivity index (χ4n) is 1.34. The first-order valence-electron chi connectivity index (χ1n) is 4.99. The van der Waals surface area contributed by atoms with Gasteiger partial charge in [-0.3, -0.25) is 4.72 Å². The maximum Gasteiger partial charge on any atom is 0.345 e. The average Bonchev–Trinajstić information content (AvgIpc) is 2.78. The minimum atomic E-state index is -3.80. The Labute approximate surface area is 118 Å². The number of hydrogen-bond donors (Lipinski definition) is 2. The average molecular weight is 318 g/mol. The quantitative estimate of drug-likeness (QED) is 0.908. The molecule has 0 saturated heterocycles. The molecule has 1 aromatic heterocycles. The number of rotatable bonds is 4. The Morgan fingerprint density at radius 3 is 2.63 bits per heavy atom. The van der Waals surface area contributed by atoms with E-state index < -0.39 is 16.0 Å². The first-order valence-corrected chi connectivity index (χ1v) is 7.73. The Balaban J connectivity index is 2.29. The third-order valence-corrected chi connectivity index (χ3v) is 4.84. The summed E-state index contributed by atoms with van der Waals surface area (Å²) in [5.74, 6) is -1.16. The van der Waals surface area contributed by atoms with Crippen LogP contribution in [0.15, 0.2) is 40.6 Å². The molecule has 0 bridgehead atoms. The van der Waals surface area contributed by atoms with Gasteiger partial charge in [-0.15, -0.1) is 11.3 Å². The van der Waals surface area contributed by atoms with E-state index in [9.17, 15) is 13.2 Å². The lowest BCUT2D eigenvalue weighted by atomic mass is 10.3. The molecule has 0 amide bonds. The molecule has 19 heavy (non-hydrogen) atoms. The van der Waals surface area contributed by atoms with Crippen LogP contribution >= 0.6 is 22.9 Å². The monoisotopic (exact) mass is 317 g/mol. The summed E-state index contributed by atoms with van der Waals surface area (Å²) in [6, 6.07) is 7.35. The van der Waals surface area contributed by atoms with Crippen molar-refractivity contribution in [3.8, 4) is 0 Å². The molecule has 100 valence electrons. The number of anilines is 1. The number of sulfonamides is 1. The predicted molar refractivity (Wildman–Crippen MR) is 73.5 cm³/mol. The summed E-state index contributed by atoms with van der Waals surface area (Å²) in [5, 5.41) is 10.4. The van der Waals surface area contributed by atoms with Crippen LogP contribution in [0.5, 0.6) is 0 Å². The van der Waals surface area contributed by atoms with E-state index in [4.69, 9.17) is 16.7 Å². The van der Waals surface area contributed by atoms with Gasteiger partial charge in [0.2, 0.25) is 0 Å². The molecule has 0 aliphatic heterocycles. The standard InChI is InChI=1S/C11H8ClNO4S2/c12-7-2-1-3-8(4-7)13-19(16,17)9-5-10(11(14)15)18-6-9/h1-6,13H,(H,14,15). The Morgan fingerprint density at radius 1 is 1.32 bits per heavy atom. The molecule has 8 heteroatoms. The zero-order valence-corrected chi connectivity index (χ0v) is 11.7. The Bertz CT molecular complexity index is 724. The second-order valence-corrected chi connectivity index (χ2v) is 6.60. The van der Waals surface area contributed by atoms with Crippen molar-refractivity contribution < 1.29 is 18.3 Å². The molecule has 2 rings (SSSR count). The topological polar surface area (TPSA) is 83.5 Å². The van der Waals surface area contributed by atoms with Crippen LogP contribution in [-0.4, -0.2) is 19.5 Å². The summed E-state index contributed by atoms with van der Waals surface area (Å²) < 4.78 is 26.3. The first-order chi connectivity index (χ1) is 8.88. The summed E-state index contributed by atoms with van der Waals surface area (Å²) >= 11 is 6.61. The van der Waals surface area contributed by atoms with Crippen molar-refractivity contribution in [1.82, 2.24) is 0 Å². The van der Waals surface area contributed by atoms with E-state index in [1.807, 2.05) is 0 Å². The molecule has 0 spiro atoms. The molecule has 5 nitrogen and oxygen atoms in total. The van der Waals surface area contributed by atoms with Crippen molar-refractivity contribution in [2.45, 2.75) is 4.90 Å². The largest absolute Gasteiger partial charge is 0.477 e. The molecule has 0 aliphatic rings. The third-order valence-electron chi connectivity index (χ3n) is 2.17. The molecule has 0 atom stereocenters. The third kappa shape index (κ3) is 3.25. The SMILES string of the molecule is O=C(O)c1cc(S(=O)(=O)Nc2cccc(Cl)c2)cs1. The van der Waals surface area contributed by atoms with E-state index in [2.05, 4.69) is 4.72 Å². The van der Waals surface area contributed by atoms with E-state index in [0.29, 0.717) is 10.7 Å². The van der Waals surface area contributed by atoms with Gasteiger partial charge in [0.1, 0.15) is 4.88 Å². The van der Waals surface area contributed by atoms with E-state index in [-0.39, 0.29) is 9.77 Å². The second kappa shape index (κ2) is 5.20. The number of benzene rings is 1. The van der Waals surface area contributed by atoms with Crippen molar-refractivity contribution in [3.05, 3.63) is 45.6 Å². The van der Waals surface area contributed by atoms with Crippen molar-refractivity contribution >= 4 is 44.6 Å². The van der Waals surface area contributed by atoms with Gasteiger partial charge in [0.15, 0.2) is 0 Å². The lowest BCUT2D eigenvalue weighted by Crippen LogP contribution is -2.12. The molecule has 1 aromatic carbocycles. The zero-order valence-electron chi connectivity index (χ0n) is 9.33. The number of carboxylic acid groups (broad SMARTS) is 1. The molecule has 0 radical (unpaired) electrons. The van der Waals surface area contributed by atoms with Gasteiger partial charge in [-0.1, -0.05) is 17.7 Å². The van der Waals surface area contributed by atoms with Gasteiger partial charge >= 0.3 is 5.97 Å². The normalized spacial score (nSPS) is 11.2. The van der Waals surface area contributed by atoms with Gasteiger partial charge in [0, 0.05) is 10.4 Å². The van der Waals surface area contributed by atoms with Gasteiger partial charge in [0.25, 0.3) is 10.0 Å². The van der Waals surface area contributed by atoms with E-state index in [0.717, 1.165) is 17.4 Å². The number of halogens is 1. The summed E-state index contributed by atoms with van der Waals surface area (Å²) in [6.07, 6.45) is 0. The highest BCUT2D eigenvalue weighted by atomic mass is 35.5. The lowest BCUT2D eigenvalue weighted by Gasteiger charge is -2.06. The minimum absolute atomic E-state index is 0.0357. The van der Waals surface area contributed by atoms with Crippen molar-refractivity contribution in [2.24, 2.45) is 0 Å². The molecular formula is C11H8ClNO4S2. The predicted octanol–water partition coefficient (Wildman–Crippen LogP) is 2.90. The first kappa shape index (κ1) is 13.9. The summed E-state index contributed by atoms with van der Waals surface area (Å²) in [6.45, 7) is 0. The molecule has 2 aromatic rings. The number of carbonyl (C=O) groups is 1. The molecule has 1 heterocycles. The molecular weight excluding hydrogens is 310 g/mol. The van der Waals surface area contributed by atoms with Gasteiger partial charge < -0.3 is 5.11 Å². The van der Waals surface area contributed by atoms with Gasteiger partial charge in [-0.05, 0) is 24.3 Å². The van der Waals surface area contributed by atoms with Crippen LogP contribution in [0.2, 0.25) is 5.02 Å². The lowest BCUT2D eigenvalue weighted by molar-refractivity contribution is 0.0702. The number of nitrogens with one attached hydrogen (secondary N) is 1. The van der Waals surface area contributed by atoms with Crippen LogP contribution in [0.3, 0.4) is 0 Å². The maximum absolute atomic E-state index is 12.0. The summed E-state index contributed by atoms with van der Waals surface area (Å²) in [4.78, 5) is 10.6. The highest BCUT2D eigenvalue weighted by Gasteiger charge is 2.18. The van der Waals surface area contributed by atoms with Crippen LogP contribution in [0.25, 0.3) is 0 Å². The number of thiophene rings is 1. The molecule has 0 unspecified atom stereocenters. The fraction of sp³-hybridized carbons (Fsp3) is 0. The van der Waals surface area contributed by atoms with Crippen molar-refractivity contribution in [3.63, 3.8) is 0 Å². The molecule has 0 fully saturated rings. The number of hydrogen-bond acceptors (Lipinski definition) is 4. The van der Waals surface area contributed by atoms with Gasteiger partial charge in [0.05, 0.1) is 10.6 Å². The minimum Gasteiger partial charge on any atom is -0.477 e. The van der Waals surface area contributed by atoms with Crippen LogP contribution in [0.1, 0.15) is 9.67 Å². The maximum atomic E-state index is 12.0. The van der Waals surface area contributed by atoms with Crippen molar-refractivity contribution in [1.29, 1.82) is 0 Å². The zero-order chi connectivity index (χ0) is 14.0. The summed E-state index contributed by atoms with van der Waals surface area (Å²) in [7, 11) is -3.80. The van der Waals surface area contributed by atoms with E-state index >= 15 is 0 Å². The van der Waals surface area contributed by atoms with Crippen LogP contribution < -0.4 is 4.72 Å². The van der Waals surface area contributed by atoms with Gasteiger partial charge in [-0.25, -0.2) is 13.2 Å².